The summed E-state index contributed by atoms with van der Waals surface area (Å²) in [6.45, 7) is 7.40. The molecular weight excluding hydrogens is 634 g/mol. The van der Waals surface area contributed by atoms with Crippen molar-refractivity contribution in [2.24, 2.45) is 5.10 Å². The monoisotopic (exact) mass is 655 g/mol. The molecule has 0 fully saturated rings. The molecular formula is C24H24Br3N3O4. The van der Waals surface area contributed by atoms with Crippen LogP contribution >= 0.6 is 47.8 Å². The van der Waals surface area contributed by atoms with Crippen LogP contribution in [0.5, 0.6) is 5.75 Å². The fraction of sp³-hybridized carbons (Fsp3) is 0.333. The first-order valence-electron chi connectivity index (χ1n) is 10.7. The molecule has 3 aromatic rings. The summed E-state index contributed by atoms with van der Waals surface area (Å²) in [5.41, 5.74) is 1.12. The van der Waals surface area contributed by atoms with Crippen molar-refractivity contribution in [1.29, 1.82) is 0 Å². The Morgan fingerprint density at radius 3 is 2.44 bits per heavy atom. The fourth-order valence-corrected chi connectivity index (χ4v) is 4.94. The summed E-state index contributed by atoms with van der Waals surface area (Å²) in [4.78, 5) is 29.8. The van der Waals surface area contributed by atoms with E-state index in [0.29, 0.717) is 37.0 Å². The van der Waals surface area contributed by atoms with Crippen molar-refractivity contribution in [3.63, 3.8) is 0 Å². The van der Waals surface area contributed by atoms with E-state index in [-0.39, 0.29) is 24.2 Å². The Labute approximate surface area is 222 Å². The quantitative estimate of drug-likeness (QED) is 0.207. The average molecular weight is 658 g/mol. The van der Waals surface area contributed by atoms with E-state index in [9.17, 15) is 9.59 Å². The summed E-state index contributed by atoms with van der Waals surface area (Å²) >= 11 is 10.4. The topological polar surface area (TPSA) is 82.8 Å². The molecule has 0 spiro atoms. The van der Waals surface area contributed by atoms with Gasteiger partial charge in [0.15, 0.2) is 6.61 Å². The molecule has 0 radical (unpaired) electrons. The van der Waals surface area contributed by atoms with E-state index in [1.807, 2.05) is 26.0 Å². The highest BCUT2D eigenvalue weighted by Gasteiger charge is 2.16. The number of carbonyl (C=O) groups excluding carboxylic acids is 1. The molecule has 1 atom stereocenters. The molecule has 0 aliphatic rings. The van der Waals surface area contributed by atoms with E-state index in [2.05, 4.69) is 52.9 Å². The minimum atomic E-state index is -0.452. The lowest BCUT2D eigenvalue weighted by atomic mass is 10.1. The molecule has 0 bridgehead atoms. The summed E-state index contributed by atoms with van der Waals surface area (Å²) in [6.07, 6.45) is 2.19. The highest BCUT2D eigenvalue weighted by molar-refractivity contribution is 9.11. The van der Waals surface area contributed by atoms with Crippen molar-refractivity contribution in [1.82, 2.24) is 9.66 Å². The average Bonchev–Trinajstić information content (AvgIpc) is 2.77. The number of hydrogen-bond donors (Lipinski definition) is 0. The molecule has 0 saturated carbocycles. The number of hydrogen-bond acceptors (Lipinski definition) is 6. The van der Waals surface area contributed by atoms with Crippen LogP contribution in [0.2, 0.25) is 0 Å². The van der Waals surface area contributed by atoms with Crippen LogP contribution in [-0.4, -0.2) is 34.6 Å². The van der Waals surface area contributed by atoms with Crippen LogP contribution in [-0.2, 0) is 9.53 Å². The molecule has 180 valence electrons. The number of aromatic nitrogens is 2. The lowest BCUT2D eigenvalue weighted by molar-refractivity contribution is -0.149. The molecule has 0 saturated heterocycles. The number of carbonyl (C=O) groups is 1. The molecule has 0 amide bonds. The Hall–Kier alpha value is -2.04. The van der Waals surface area contributed by atoms with Gasteiger partial charge in [-0.3, -0.25) is 4.79 Å². The first-order valence-corrected chi connectivity index (χ1v) is 13.1. The molecule has 1 aromatic heterocycles. The zero-order valence-electron chi connectivity index (χ0n) is 19.1. The lowest BCUT2D eigenvalue weighted by Gasteiger charge is -2.14. The molecule has 1 heterocycles. The summed E-state index contributed by atoms with van der Waals surface area (Å²) in [5, 5.41) is 4.97. The largest absolute Gasteiger partial charge is 0.480 e. The second kappa shape index (κ2) is 11.6. The van der Waals surface area contributed by atoms with Crippen molar-refractivity contribution in [2.45, 2.75) is 46.1 Å². The highest BCUT2D eigenvalue weighted by Crippen LogP contribution is 2.34. The zero-order chi connectivity index (χ0) is 25.0. The summed E-state index contributed by atoms with van der Waals surface area (Å²) in [7, 11) is 0. The van der Waals surface area contributed by atoms with Crippen LogP contribution in [0.1, 0.15) is 51.4 Å². The standard InChI is InChI=1S/C24H24Br3N3O4/c1-5-14(4)23-29-20-7-6-16(25)10-17(20)24(32)30(23)28-11-15-8-18(26)22(19(27)9-15)33-12-21(31)34-13(2)3/h6-11,13-14H,5,12H2,1-4H3/t14-/m0/s1. The van der Waals surface area contributed by atoms with Crippen LogP contribution < -0.4 is 10.3 Å². The third-order valence-electron chi connectivity index (χ3n) is 4.93. The maximum absolute atomic E-state index is 13.3. The Morgan fingerprint density at radius 1 is 1.15 bits per heavy atom. The third-order valence-corrected chi connectivity index (χ3v) is 6.60. The first kappa shape index (κ1) is 26.6. The number of esters is 1. The van der Waals surface area contributed by atoms with Gasteiger partial charge in [0.2, 0.25) is 0 Å². The molecule has 0 aliphatic carbocycles. The van der Waals surface area contributed by atoms with Crippen LogP contribution in [0.4, 0.5) is 0 Å². The predicted octanol–water partition coefficient (Wildman–Crippen LogP) is 6.41. The molecule has 0 unspecified atom stereocenters. The van der Waals surface area contributed by atoms with Crippen LogP contribution in [0.15, 0.2) is 53.6 Å². The molecule has 7 nitrogen and oxygen atoms in total. The van der Waals surface area contributed by atoms with Gasteiger partial charge in [0.25, 0.3) is 5.56 Å². The van der Waals surface area contributed by atoms with E-state index in [0.717, 1.165) is 10.9 Å². The van der Waals surface area contributed by atoms with E-state index in [1.54, 1.807) is 38.3 Å². The van der Waals surface area contributed by atoms with Gasteiger partial charge in [0.05, 0.1) is 32.2 Å². The Bertz CT molecular complexity index is 1280. The fourth-order valence-electron chi connectivity index (χ4n) is 3.12. The SMILES string of the molecule is CC[C@H](C)c1nc2ccc(Br)cc2c(=O)n1N=Cc1cc(Br)c(OCC(=O)OC(C)C)c(Br)c1. The number of nitrogens with zero attached hydrogens (tertiary/aromatic N) is 3. The van der Waals surface area contributed by atoms with Gasteiger partial charge < -0.3 is 9.47 Å². The molecule has 2 aromatic carbocycles. The van der Waals surface area contributed by atoms with Gasteiger partial charge in [-0.2, -0.15) is 9.78 Å². The minimum Gasteiger partial charge on any atom is -0.480 e. The van der Waals surface area contributed by atoms with Gasteiger partial charge in [-0.15, -0.1) is 0 Å². The van der Waals surface area contributed by atoms with E-state index >= 15 is 0 Å². The third kappa shape index (κ3) is 6.34. The number of halogens is 3. The van der Waals surface area contributed by atoms with Crippen LogP contribution in [0.25, 0.3) is 10.9 Å². The molecule has 0 aliphatic heterocycles. The summed E-state index contributed by atoms with van der Waals surface area (Å²) < 4.78 is 14.1. The van der Waals surface area contributed by atoms with Crippen molar-refractivity contribution in [2.75, 3.05) is 6.61 Å². The summed E-state index contributed by atoms with van der Waals surface area (Å²) in [6, 6.07) is 9.02. The van der Waals surface area contributed by atoms with E-state index < -0.39 is 5.97 Å². The molecule has 3 rings (SSSR count). The van der Waals surface area contributed by atoms with Crippen molar-refractivity contribution < 1.29 is 14.3 Å². The molecule has 34 heavy (non-hydrogen) atoms. The van der Waals surface area contributed by atoms with Crippen molar-refractivity contribution in [3.05, 3.63) is 65.5 Å². The van der Waals surface area contributed by atoms with Crippen LogP contribution in [0.3, 0.4) is 0 Å². The first-order chi connectivity index (χ1) is 16.1. The second-order valence-corrected chi connectivity index (χ2v) is 10.6. The van der Waals surface area contributed by atoms with Gasteiger partial charge in [-0.05, 0) is 88.0 Å². The van der Waals surface area contributed by atoms with Gasteiger partial charge in [-0.25, -0.2) is 9.78 Å². The summed E-state index contributed by atoms with van der Waals surface area (Å²) in [5.74, 6) is 0.650. The highest BCUT2D eigenvalue weighted by atomic mass is 79.9. The number of rotatable bonds is 8. The van der Waals surface area contributed by atoms with Gasteiger partial charge >= 0.3 is 5.97 Å². The van der Waals surface area contributed by atoms with Crippen LogP contribution in [0, 0.1) is 0 Å². The van der Waals surface area contributed by atoms with Gasteiger partial charge in [-0.1, -0.05) is 29.8 Å². The lowest BCUT2D eigenvalue weighted by Crippen LogP contribution is -2.23. The van der Waals surface area contributed by atoms with E-state index in [1.165, 1.54) is 4.68 Å². The second-order valence-electron chi connectivity index (χ2n) is 7.94. The van der Waals surface area contributed by atoms with E-state index in [4.69, 9.17) is 14.5 Å². The number of benzene rings is 2. The molecule has 10 heteroatoms. The maximum Gasteiger partial charge on any atom is 0.344 e. The van der Waals surface area contributed by atoms with Gasteiger partial charge in [0, 0.05) is 10.4 Å². The maximum atomic E-state index is 13.3. The minimum absolute atomic E-state index is 0.0396. The number of ether oxygens (including phenoxy) is 2. The van der Waals surface area contributed by atoms with Crippen molar-refractivity contribution in [3.8, 4) is 5.75 Å². The predicted molar refractivity (Wildman–Crippen MR) is 144 cm³/mol. The Kier molecular flexibility index (Phi) is 9.06. The zero-order valence-corrected chi connectivity index (χ0v) is 23.9. The van der Waals surface area contributed by atoms with Crippen molar-refractivity contribution >= 4 is 70.9 Å². The molecule has 0 N–H and O–H groups in total. The number of fused-ring (bicyclic) bond motifs is 1. The van der Waals surface area contributed by atoms with Gasteiger partial charge in [0.1, 0.15) is 11.6 Å². The smallest absolute Gasteiger partial charge is 0.344 e. The Morgan fingerprint density at radius 2 is 1.82 bits per heavy atom. The Balaban J connectivity index is 1.96. The normalized spacial score (nSPS) is 12.5.